The maximum absolute atomic E-state index is 10.7. The Balaban J connectivity index is 2.82. The average Bonchev–Trinajstić information content (AvgIpc) is 2.26. The molecule has 1 rings (SSSR count). The van der Waals surface area contributed by atoms with Crippen molar-refractivity contribution in [2.45, 2.75) is 19.0 Å². The van der Waals surface area contributed by atoms with Gasteiger partial charge < -0.3 is 5.32 Å². The summed E-state index contributed by atoms with van der Waals surface area (Å²) in [5, 5.41) is 5.41. The van der Waals surface area contributed by atoms with Crippen LogP contribution in [0.4, 0.5) is 0 Å². The van der Waals surface area contributed by atoms with E-state index in [0.29, 0.717) is 12.1 Å². The van der Waals surface area contributed by atoms with Crippen molar-refractivity contribution in [3.63, 3.8) is 0 Å². The van der Waals surface area contributed by atoms with Crippen LogP contribution in [0.5, 0.6) is 0 Å². The highest BCUT2D eigenvalue weighted by atomic mass is 79.9. The molecule has 6 heteroatoms. The average molecular weight is 306 g/mol. The molecule has 1 aromatic rings. The van der Waals surface area contributed by atoms with Crippen LogP contribution in [0.1, 0.15) is 23.6 Å². The van der Waals surface area contributed by atoms with Crippen molar-refractivity contribution in [1.82, 2.24) is 5.32 Å². The van der Waals surface area contributed by atoms with E-state index in [1.54, 1.807) is 18.2 Å². The van der Waals surface area contributed by atoms with Crippen molar-refractivity contribution in [3.05, 3.63) is 38.7 Å². The normalized spacial score (nSPS) is 11.9. The van der Waals surface area contributed by atoms with Crippen LogP contribution in [0.25, 0.3) is 0 Å². The third kappa shape index (κ3) is 3.57. The maximum atomic E-state index is 10.7. The molecule has 0 bridgehead atoms. The van der Waals surface area contributed by atoms with Crippen molar-refractivity contribution in [2.75, 3.05) is 0 Å². The Morgan fingerprint density at radius 1 is 1.62 bits per heavy atom. The van der Waals surface area contributed by atoms with Gasteiger partial charge in [0.15, 0.2) is 5.50 Å². The zero-order chi connectivity index (χ0) is 12.1. The van der Waals surface area contributed by atoms with Crippen molar-refractivity contribution in [2.24, 2.45) is 5.18 Å². The Labute approximate surface area is 106 Å². The largest absolute Gasteiger partial charge is 0.352 e. The molecule has 86 valence electrons. The predicted molar refractivity (Wildman–Crippen MR) is 66.1 cm³/mol. The summed E-state index contributed by atoms with van der Waals surface area (Å²) in [5.41, 5.74) is 0.648. The molecular weight excluding hydrogens is 295 g/mol. The van der Waals surface area contributed by atoms with Crippen LogP contribution in [0.15, 0.2) is 27.8 Å². The summed E-state index contributed by atoms with van der Waals surface area (Å²) < 4.78 is 0.785. The molecule has 0 aliphatic rings. The highest BCUT2D eigenvalue weighted by Gasteiger charge is 2.09. The molecule has 1 unspecified atom stereocenters. The van der Waals surface area contributed by atoms with Gasteiger partial charge in [-0.2, -0.15) is 0 Å². The van der Waals surface area contributed by atoms with E-state index in [1.165, 1.54) is 6.92 Å². The first-order valence-corrected chi connectivity index (χ1v) is 5.77. The van der Waals surface area contributed by atoms with Gasteiger partial charge in [-0.3, -0.25) is 4.79 Å². The molecule has 0 saturated heterocycles. The fraction of sp³-hybridized carbons (Fsp3) is 0.300. The summed E-state index contributed by atoms with van der Waals surface area (Å²) >= 11 is 9.01. The van der Waals surface area contributed by atoms with E-state index < -0.39 is 5.50 Å². The Hall–Kier alpha value is -0.940. The van der Waals surface area contributed by atoms with E-state index in [9.17, 15) is 9.70 Å². The van der Waals surface area contributed by atoms with E-state index in [-0.39, 0.29) is 5.91 Å². The topological polar surface area (TPSA) is 58.5 Å². The second-order valence-electron chi connectivity index (χ2n) is 3.20. The second-order valence-corrected chi connectivity index (χ2v) is 4.47. The molecule has 1 aromatic carbocycles. The molecule has 0 spiro atoms. The first-order chi connectivity index (χ1) is 7.54. The van der Waals surface area contributed by atoms with Gasteiger partial charge >= 0.3 is 0 Å². The number of hydrogen-bond donors (Lipinski definition) is 1. The number of carbonyl (C=O) groups excluding carboxylic acids is 1. The molecule has 0 saturated carbocycles. The Kier molecular flexibility index (Phi) is 4.89. The molecule has 1 amide bonds. The van der Waals surface area contributed by atoms with E-state index in [1.807, 2.05) is 0 Å². The predicted octanol–water partition coefficient (Wildman–Crippen LogP) is 3.09. The van der Waals surface area contributed by atoms with Crippen LogP contribution in [0, 0.1) is 4.91 Å². The molecule has 0 aliphatic heterocycles. The quantitative estimate of drug-likeness (QED) is 0.528. The fourth-order valence-corrected chi connectivity index (χ4v) is 1.81. The molecule has 1 atom stereocenters. The van der Waals surface area contributed by atoms with Crippen LogP contribution in [-0.2, 0) is 11.3 Å². The van der Waals surface area contributed by atoms with Crippen LogP contribution in [-0.4, -0.2) is 5.91 Å². The molecule has 0 heterocycles. The van der Waals surface area contributed by atoms with Gasteiger partial charge in [0.25, 0.3) is 0 Å². The van der Waals surface area contributed by atoms with Gasteiger partial charge in [-0.25, -0.2) is 0 Å². The zero-order valence-corrected chi connectivity index (χ0v) is 10.9. The lowest BCUT2D eigenvalue weighted by molar-refractivity contribution is -0.119. The summed E-state index contributed by atoms with van der Waals surface area (Å²) in [6, 6.07) is 5.22. The van der Waals surface area contributed by atoms with E-state index >= 15 is 0 Å². The number of benzene rings is 1. The summed E-state index contributed by atoms with van der Waals surface area (Å²) in [6.45, 7) is 1.88. The monoisotopic (exact) mass is 304 g/mol. The Morgan fingerprint density at radius 2 is 2.31 bits per heavy atom. The number of hydrogen-bond acceptors (Lipinski definition) is 3. The number of rotatable bonds is 4. The molecule has 16 heavy (non-hydrogen) atoms. The molecule has 0 fully saturated rings. The highest BCUT2D eigenvalue weighted by molar-refractivity contribution is 9.10. The molecule has 0 aromatic heterocycles. The van der Waals surface area contributed by atoms with Gasteiger partial charge in [0, 0.05) is 17.9 Å². The molecule has 0 aliphatic carbocycles. The van der Waals surface area contributed by atoms with Crippen molar-refractivity contribution >= 4 is 33.4 Å². The van der Waals surface area contributed by atoms with Crippen LogP contribution in [0.3, 0.4) is 0 Å². The first-order valence-electron chi connectivity index (χ1n) is 4.54. The third-order valence-electron chi connectivity index (χ3n) is 1.97. The third-order valence-corrected chi connectivity index (χ3v) is 3.04. The fourth-order valence-electron chi connectivity index (χ4n) is 1.14. The molecular formula is C10H10BrClN2O2. The van der Waals surface area contributed by atoms with Gasteiger partial charge in [-0.1, -0.05) is 39.7 Å². The zero-order valence-electron chi connectivity index (χ0n) is 8.54. The van der Waals surface area contributed by atoms with E-state index in [4.69, 9.17) is 11.6 Å². The summed E-state index contributed by atoms with van der Waals surface area (Å²) in [5.74, 6) is -0.0965. The van der Waals surface area contributed by atoms with Gasteiger partial charge in [0.2, 0.25) is 5.91 Å². The number of carbonyl (C=O) groups is 1. The standard InChI is InChI=1S/C10H10BrClN2O2/c1-6(15)13-5-8-3-2-7(4-9(8)11)10(12)14-16/h2-4,10H,5H2,1H3,(H,13,15). The lowest BCUT2D eigenvalue weighted by atomic mass is 10.1. The van der Waals surface area contributed by atoms with Crippen molar-refractivity contribution < 1.29 is 4.79 Å². The van der Waals surface area contributed by atoms with Gasteiger partial charge in [-0.15, -0.1) is 4.91 Å². The smallest absolute Gasteiger partial charge is 0.217 e. The number of nitrogens with zero attached hydrogens (tertiary/aromatic N) is 1. The van der Waals surface area contributed by atoms with Gasteiger partial charge in [-0.05, 0) is 22.4 Å². The van der Waals surface area contributed by atoms with Crippen LogP contribution >= 0.6 is 27.5 Å². The second kappa shape index (κ2) is 5.96. The number of alkyl halides is 1. The van der Waals surface area contributed by atoms with Gasteiger partial charge in [0.1, 0.15) is 0 Å². The summed E-state index contributed by atoms with van der Waals surface area (Å²) in [7, 11) is 0. The Bertz CT molecular complexity index is 412. The number of amides is 1. The molecule has 0 radical (unpaired) electrons. The lowest BCUT2D eigenvalue weighted by Gasteiger charge is -2.08. The summed E-state index contributed by atoms with van der Waals surface area (Å²) in [6.07, 6.45) is 0. The van der Waals surface area contributed by atoms with Crippen molar-refractivity contribution in [1.29, 1.82) is 0 Å². The highest BCUT2D eigenvalue weighted by Crippen LogP contribution is 2.26. The SMILES string of the molecule is CC(=O)NCc1ccc(C(Cl)N=O)cc1Br. The first kappa shape index (κ1) is 13.1. The minimum atomic E-state index is -0.883. The number of nitroso groups, excluding NO2 is 1. The lowest BCUT2D eigenvalue weighted by Crippen LogP contribution is -2.19. The van der Waals surface area contributed by atoms with E-state index in [2.05, 4.69) is 26.4 Å². The van der Waals surface area contributed by atoms with Crippen molar-refractivity contribution in [3.8, 4) is 0 Å². The Morgan fingerprint density at radius 3 is 2.81 bits per heavy atom. The van der Waals surface area contributed by atoms with E-state index in [0.717, 1.165) is 10.0 Å². The minimum absolute atomic E-state index is 0.0965. The summed E-state index contributed by atoms with van der Waals surface area (Å²) in [4.78, 5) is 21.0. The van der Waals surface area contributed by atoms with Crippen LogP contribution in [0.2, 0.25) is 0 Å². The minimum Gasteiger partial charge on any atom is -0.352 e. The van der Waals surface area contributed by atoms with Crippen LogP contribution < -0.4 is 5.32 Å². The molecule has 4 nitrogen and oxygen atoms in total. The molecule has 1 N–H and O–H groups in total. The number of nitrogens with one attached hydrogen (secondary N) is 1. The maximum Gasteiger partial charge on any atom is 0.217 e. The number of halogens is 2. The van der Waals surface area contributed by atoms with Gasteiger partial charge in [0.05, 0.1) is 0 Å².